The van der Waals surface area contributed by atoms with Crippen LogP contribution in [0, 0.1) is 0 Å². The summed E-state index contributed by atoms with van der Waals surface area (Å²) in [7, 11) is 0. The molecule has 1 saturated heterocycles. The van der Waals surface area contributed by atoms with E-state index >= 15 is 0 Å². The molecule has 1 aliphatic rings. The first kappa shape index (κ1) is 14.2. The first-order chi connectivity index (χ1) is 10.1. The van der Waals surface area contributed by atoms with E-state index in [2.05, 4.69) is 25.2 Å². The molecule has 1 aliphatic heterocycles. The lowest BCUT2D eigenvalue weighted by molar-refractivity contribution is 0.887. The molecule has 8 heteroatoms. The zero-order valence-electron chi connectivity index (χ0n) is 11.2. The maximum Gasteiger partial charge on any atom is 0.233 e. The van der Waals surface area contributed by atoms with E-state index in [0.717, 1.165) is 25.9 Å². The zero-order chi connectivity index (χ0) is 14.8. The van der Waals surface area contributed by atoms with Gasteiger partial charge in [-0.3, -0.25) is 0 Å². The lowest BCUT2D eigenvalue weighted by atomic mass is 10.3. The van der Waals surface area contributed by atoms with Crippen molar-refractivity contribution >= 4 is 46.7 Å². The van der Waals surface area contributed by atoms with Crippen LogP contribution in [-0.2, 0) is 0 Å². The molecule has 6 nitrogen and oxygen atoms in total. The van der Waals surface area contributed by atoms with E-state index in [9.17, 15) is 0 Å². The van der Waals surface area contributed by atoms with Gasteiger partial charge in [0.1, 0.15) is 0 Å². The molecule has 3 N–H and O–H groups in total. The predicted molar refractivity (Wildman–Crippen MR) is 85.4 cm³/mol. The van der Waals surface area contributed by atoms with Crippen LogP contribution in [0.1, 0.15) is 12.8 Å². The van der Waals surface area contributed by atoms with E-state index in [1.165, 1.54) is 0 Å². The van der Waals surface area contributed by atoms with Crippen molar-refractivity contribution in [1.82, 2.24) is 15.0 Å². The highest BCUT2D eigenvalue weighted by molar-refractivity contribution is 6.39. The van der Waals surface area contributed by atoms with Crippen molar-refractivity contribution in [3.63, 3.8) is 0 Å². The number of nitrogens with two attached hydrogens (primary N) is 1. The average molecular weight is 325 g/mol. The van der Waals surface area contributed by atoms with Gasteiger partial charge < -0.3 is 16.0 Å². The molecule has 0 unspecified atom stereocenters. The van der Waals surface area contributed by atoms with E-state index in [1.54, 1.807) is 18.2 Å². The third kappa shape index (κ3) is 3.11. The molecule has 0 amide bonds. The van der Waals surface area contributed by atoms with E-state index in [1.807, 2.05) is 0 Å². The van der Waals surface area contributed by atoms with Crippen molar-refractivity contribution in [2.24, 2.45) is 0 Å². The van der Waals surface area contributed by atoms with Gasteiger partial charge in [-0.1, -0.05) is 29.3 Å². The topological polar surface area (TPSA) is 80.0 Å². The second-order valence-corrected chi connectivity index (χ2v) is 5.55. The summed E-state index contributed by atoms with van der Waals surface area (Å²) in [6, 6.07) is 5.25. The van der Waals surface area contributed by atoms with Crippen molar-refractivity contribution in [2.45, 2.75) is 12.8 Å². The molecule has 0 radical (unpaired) electrons. The smallest absolute Gasteiger partial charge is 0.233 e. The summed E-state index contributed by atoms with van der Waals surface area (Å²) < 4.78 is 0. The maximum atomic E-state index is 6.13. The molecular formula is C13H14Cl2N6. The monoisotopic (exact) mass is 324 g/mol. The van der Waals surface area contributed by atoms with Gasteiger partial charge in [-0.2, -0.15) is 15.0 Å². The number of aromatic nitrogens is 3. The van der Waals surface area contributed by atoms with Crippen LogP contribution in [0.3, 0.4) is 0 Å². The Morgan fingerprint density at radius 1 is 1.05 bits per heavy atom. The highest BCUT2D eigenvalue weighted by Crippen LogP contribution is 2.32. The van der Waals surface area contributed by atoms with E-state index in [0.29, 0.717) is 27.6 Å². The minimum atomic E-state index is 0.164. The third-order valence-corrected chi connectivity index (χ3v) is 3.86. The normalized spacial score (nSPS) is 14.5. The SMILES string of the molecule is Nc1nc(Nc2c(Cl)cccc2Cl)nc(N2CCCC2)n1. The Labute approximate surface area is 132 Å². The van der Waals surface area contributed by atoms with Crippen molar-refractivity contribution < 1.29 is 0 Å². The number of hydrogen-bond donors (Lipinski definition) is 2. The zero-order valence-corrected chi connectivity index (χ0v) is 12.7. The molecule has 1 aromatic carbocycles. The molecule has 0 saturated carbocycles. The molecular weight excluding hydrogens is 311 g/mol. The first-order valence-electron chi connectivity index (χ1n) is 6.61. The van der Waals surface area contributed by atoms with Crippen LogP contribution in [0.4, 0.5) is 23.5 Å². The fraction of sp³-hybridized carbons (Fsp3) is 0.308. The lowest BCUT2D eigenvalue weighted by Crippen LogP contribution is -2.22. The molecule has 2 heterocycles. The quantitative estimate of drug-likeness (QED) is 0.903. The van der Waals surface area contributed by atoms with Crippen LogP contribution < -0.4 is 16.0 Å². The number of benzene rings is 1. The van der Waals surface area contributed by atoms with Crippen molar-refractivity contribution in [3.05, 3.63) is 28.2 Å². The lowest BCUT2D eigenvalue weighted by Gasteiger charge is -2.16. The number of nitrogens with zero attached hydrogens (tertiary/aromatic N) is 4. The minimum Gasteiger partial charge on any atom is -0.368 e. The molecule has 1 aromatic heterocycles. The summed E-state index contributed by atoms with van der Waals surface area (Å²) in [5.41, 5.74) is 6.32. The number of nitrogen functional groups attached to an aromatic ring is 1. The molecule has 0 spiro atoms. The van der Waals surface area contributed by atoms with Gasteiger partial charge in [0, 0.05) is 13.1 Å². The van der Waals surface area contributed by atoms with Gasteiger partial charge in [0.15, 0.2) is 0 Å². The van der Waals surface area contributed by atoms with Crippen molar-refractivity contribution in [2.75, 3.05) is 29.0 Å². The average Bonchev–Trinajstić information content (AvgIpc) is 2.97. The molecule has 110 valence electrons. The third-order valence-electron chi connectivity index (χ3n) is 3.23. The van der Waals surface area contributed by atoms with Crippen LogP contribution in [0.2, 0.25) is 10.0 Å². The van der Waals surface area contributed by atoms with Crippen LogP contribution in [-0.4, -0.2) is 28.0 Å². The van der Waals surface area contributed by atoms with Crippen LogP contribution in [0.5, 0.6) is 0 Å². The second kappa shape index (κ2) is 5.91. The van der Waals surface area contributed by atoms with Gasteiger partial charge in [0.05, 0.1) is 15.7 Å². The number of nitrogens with one attached hydrogen (secondary N) is 1. The Morgan fingerprint density at radius 2 is 1.71 bits per heavy atom. The van der Waals surface area contributed by atoms with Crippen molar-refractivity contribution in [1.29, 1.82) is 0 Å². The Hall–Kier alpha value is -1.79. The molecule has 0 bridgehead atoms. The summed E-state index contributed by atoms with van der Waals surface area (Å²) in [4.78, 5) is 14.7. The molecule has 0 aliphatic carbocycles. The van der Waals surface area contributed by atoms with Crippen molar-refractivity contribution in [3.8, 4) is 0 Å². The van der Waals surface area contributed by atoms with Gasteiger partial charge in [-0.05, 0) is 25.0 Å². The molecule has 3 rings (SSSR count). The highest BCUT2D eigenvalue weighted by atomic mass is 35.5. The van der Waals surface area contributed by atoms with Gasteiger partial charge in [0.25, 0.3) is 0 Å². The minimum absolute atomic E-state index is 0.164. The van der Waals surface area contributed by atoms with Gasteiger partial charge >= 0.3 is 0 Å². The number of para-hydroxylation sites is 1. The summed E-state index contributed by atoms with van der Waals surface area (Å²) >= 11 is 12.3. The Kier molecular flexibility index (Phi) is 3.98. The van der Waals surface area contributed by atoms with Gasteiger partial charge in [-0.15, -0.1) is 0 Å². The van der Waals surface area contributed by atoms with Crippen LogP contribution >= 0.6 is 23.2 Å². The number of rotatable bonds is 3. The molecule has 21 heavy (non-hydrogen) atoms. The van der Waals surface area contributed by atoms with Crippen LogP contribution in [0.25, 0.3) is 0 Å². The first-order valence-corrected chi connectivity index (χ1v) is 7.36. The Morgan fingerprint density at radius 3 is 2.38 bits per heavy atom. The summed E-state index contributed by atoms with van der Waals surface area (Å²) in [6.07, 6.45) is 2.26. The molecule has 0 atom stereocenters. The molecule has 2 aromatic rings. The molecule has 1 fully saturated rings. The maximum absolute atomic E-state index is 6.13. The largest absolute Gasteiger partial charge is 0.368 e. The predicted octanol–water partition coefficient (Wildman–Crippen LogP) is 3.10. The van der Waals surface area contributed by atoms with Gasteiger partial charge in [-0.25, -0.2) is 0 Å². The Bertz CT molecular complexity index is 637. The fourth-order valence-corrected chi connectivity index (χ4v) is 2.72. The van der Waals surface area contributed by atoms with Crippen LogP contribution in [0.15, 0.2) is 18.2 Å². The van der Waals surface area contributed by atoms with E-state index in [4.69, 9.17) is 28.9 Å². The summed E-state index contributed by atoms with van der Waals surface area (Å²) in [6.45, 7) is 1.85. The standard InChI is InChI=1S/C13H14Cl2N6/c14-8-4-3-5-9(15)10(8)17-12-18-11(16)19-13(20-12)21-6-1-2-7-21/h3-5H,1-2,6-7H2,(H3,16,17,18,19,20). The number of anilines is 4. The summed E-state index contributed by atoms with van der Waals surface area (Å²) in [5.74, 6) is 1.07. The van der Waals surface area contributed by atoms with E-state index in [-0.39, 0.29) is 5.95 Å². The van der Waals surface area contributed by atoms with E-state index < -0.39 is 0 Å². The number of halogens is 2. The highest BCUT2D eigenvalue weighted by Gasteiger charge is 2.17. The second-order valence-electron chi connectivity index (χ2n) is 4.73. The fourth-order valence-electron chi connectivity index (χ4n) is 2.22. The number of hydrogen-bond acceptors (Lipinski definition) is 6. The van der Waals surface area contributed by atoms with Gasteiger partial charge in [0.2, 0.25) is 17.8 Å². The Balaban J connectivity index is 1.91. The summed E-state index contributed by atoms with van der Waals surface area (Å²) in [5, 5.41) is 3.99.